The van der Waals surface area contributed by atoms with Gasteiger partial charge in [0.2, 0.25) is 0 Å². The fraction of sp³-hybridized carbons (Fsp3) is 0.632. The van der Waals surface area contributed by atoms with Gasteiger partial charge in [-0.25, -0.2) is 4.79 Å². The van der Waals surface area contributed by atoms with Crippen LogP contribution in [0, 0.1) is 19.3 Å². The van der Waals surface area contributed by atoms with Crippen LogP contribution in [0.4, 0.5) is 0 Å². The predicted molar refractivity (Wildman–Crippen MR) is 102 cm³/mol. The van der Waals surface area contributed by atoms with Gasteiger partial charge < -0.3 is 15.2 Å². The lowest BCUT2D eigenvalue weighted by atomic mass is 9.79. The van der Waals surface area contributed by atoms with Crippen molar-refractivity contribution >= 4 is 18.4 Å². The summed E-state index contributed by atoms with van der Waals surface area (Å²) in [5, 5.41) is 0. The lowest BCUT2D eigenvalue weighted by Gasteiger charge is -2.42. The van der Waals surface area contributed by atoms with Crippen molar-refractivity contribution in [3.8, 4) is 5.75 Å². The lowest BCUT2D eigenvalue weighted by molar-refractivity contribution is -0.142. The van der Waals surface area contributed by atoms with Gasteiger partial charge in [-0.15, -0.1) is 12.4 Å². The van der Waals surface area contributed by atoms with Crippen LogP contribution in [0.2, 0.25) is 0 Å². The van der Waals surface area contributed by atoms with E-state index in [0.717, 1.165) is 42.9 Å². The second kappa shape index (κ2) is 8.88. The van der Waals surface area contributed by atoms with Crippen LogP contribution in [0.25, 0.3) is 0 Å². The smallest absolute Gasteiger partial charge is 0.343 e. The number of benzene rings is 1. The van der Waals surface area contributed by atoms with Crippen LogP contribution in [0.15, 0.2) is 12.1 Å². The van der Waals surface area contributed by atoms with Crippen LogP contribution in [-0.2, 0) is 16.1 Å². The normalized spacial score (nSPS) is 19.8. The molecular formula is C19H31ClN2O3. The molecule has 0 aromatic heterocycles. The maximum Gasteiger partial charge on any atom is 0.343 e. The van der Waals surface area contributed by atoms with Gasteiger partial charge in [0, 0.05) is 25.7 Å². The number of nitrogens with zero attached hydrogens (tertiary/aromatic N) is 1. The van der Waals surface area contributed by atoms with Crippen molar-refractivity contribution in [3.63, 3.8) is 0 Å². The van der Waals surface area contributed by atoms with Gasteiger partial charge in [-0.05, 0) is 42.4 Å². The van der Waals surface area contributed by atoms with Crippen molar-refractivity contribution in [1.29, 1.82) is 0 Å². The minimum atomic E-state index is -0.371. The number of ether oxygens (including phenoxy) is 2. The molecule has 1 fully saturated rings. The maximum atomic E-state index is 11.3. The predicted octanol–water partition coefficient (Wildman–Crippen LogP) is 2.84. The summed E-state index contributed by atoms with van der Waals surface area (Å²) in [6.45, 7) is 11.4. The van der Waals surface area contributed by atoms with Crippen LogP contribution >= 0.6 is 12.4 Å². The number of carbonyl (C=O) groups is 1. The maximum absolute atomic E-state index is 11.3. The van der Waals surface area contributed by atoms with Gasteiger partial charge in [-0.2, -0.15) is 0 Å². The van der Waals surface area contributed by atoms with Crippen LogP contribution in [0.3, 0.4) is 0 Å². The van der Waals surface area contributed by atoms with Gasteiger partial charge in [-0.3, -0.25) is 4.90 Å². The first-order chi connectivity index (χ1) is 11.2. The number of aryl methyl sites for hydroxylation is 2. The third-order valence-electron chi connectivity index (χ3n) is 4.88. The van der Waals surface area contributed by atoms with Crippen LogP contribution in [0.5, 0.6) is 5.75 Å². The first-order valence-electron chi connectivity index (χ1n) is 8.50. The number of hydrogen-bond acceptors (Lipinski definition) is 5. The molecule has 0 bridgehead atoms. The highest BCUT2D eigenvalue weighted by Crippen LogP contribution is 2.30. The lowest BCUT2D eigenvalue weighted by Crippen LogP contribution is -2.52. The van der Waals surface area contributed by atoms with Crippen molar-refractivity contribution in [2.24, 2.45) is 11.1 Å². The Morgan fingerprint density at radius 3 is 2.44 bits per heavy atom. The highest BCUT2D eigenvalue weighted by Gasteiger charge is 2.33. The molecule has 142 valence electrons. The van der Waals surface area contributed by atoms with Gasteiger partial charge in [-0.1, -0.05) is 26.0 Å². The largest absolute Gasteiger partial charge is 0.481 e. The van der Waals surface area contributed by atoms with Gasteiger partial charge in [0.15, 0.2) is 6.61 Å². The summed E-state index contributed by atoms with van der Waals surface area (Å²) in [7, 11) is 1.36. The van der Waals surface area contributed by atoms with Crippen LogP contribution in [-0.4, -0.2) is 43.7 Å². The second-order valence-corrected chi connectivity index (χ2v) is 7.52. The van der Waals surface area contributed by atoms with E-state index in [0.29, 0.717) is 0 Å². The van der Waals surface area contributed by atoms with E-state index in [1.807, 2.05) is 13.8 Å². The summed E-state index contributed by atoms with van der Waals surface area (Å²) >= 11 is 0. The standard InChI is InChI=1S/C19H30N2O3.ClH/c1-13-8-15(9-14(2)18(13)24-11-17(22)23-5)10-21-7-6-16(20)19(3,4)12-21;/h8-9,16H,6-7,10-12,20H2,1-5H3;1H. The van der Waals surface area contributed by atoms with E-state index in [2.05, 4.69) is 35.6 Å². The van der Waals surface area contributed by atoms with Gasteiger partial charge in [0.05, 0.1) is 7.11 Å². The molecule has 1 aliphatic heterocycles. The first kappa shape index (κ1) is 21.7. The number of hydrogen-bond donors (Lipinski definition) is 1. The minimum Gasteiger partial charge on any atom is -0.481 e. The SMILES string of the molecule is COC(=O)COc1c(C)cc(CN2CCC(N)C(C)(C)C2)cc1C.Cl. The van der Waals surface area contributed by atoms with E-state index in [-0.39, 0.29) is 36.4 Å². The van der Waals surface area contributed by atoms with E-state index >= 15 is 0 Å². The number of piperidine rings is 1. The summed E-state index contributed by atoms with van der Waals surface area (Å²) in [6.07, 6.45) is 1.03. The first-order valence-corrected chi connectivity index (χ1v) is 8.50. The highest BCUT2D eigenvalue weighted by molar-refractivity contribution is 5.85. The molecule has 25 heavy (non-hydrogen) atoms. The van der Waals surface area contributed by atoms with Gasteiger partial charge in [0.25, 0.3) is 0 Å². The van der Waals surface area contributed by atoms with Gasteiger partial charge >= 0.3 is 5.97 Å². The summed E-state index contributed by atoms with van der Waals surface area (Å²) < 4.78 is 10.2. The average molecular weight is 371 g/mol. The summed E-state index contributed by atoms with van der Waals surface area (Å²) in [5.74, 6) is 0.398. The number of nitrogens with two attached hydrogens (primary N) is 1. The van der Waals surface area contributed by atoms with E-state index in [4.69, 9.17) is 10.5 Å². The molecule has 0 aliphatic carbocycles. The Kier molecular flexibility index (Phi) is 7.72. The number of methoxy groups -OCH3 is 1. The molecule has 0 spiro atoms. The number of esters is 1. The molecule has 1 aromatic rings. The zero-order valence-electron chi connectivity index (χ0n) is 15.9. The molecule has 6 heteroatoms. The van der Waals surface area contributed by atoms with E-state index < -0.39 is 0 Å². The Labute approximate surface area is 157 Å². The fourth-order valence-electron chi connectivity index (χ4n) is 3.43. The third kappa shape index (κ3) is 5.59. The molecule has 5 nitrogen and oxygen atoms in total. The Morgan fingerprint density at radius 1 is 1.32 bits per heavy atom. The topological polar surface area (TPSA) is 64.8 Å². The molecule has 0 saturated carbocycles. The summed E-state index contributed by atoms with van der Waals surface area (Å²) in [6, 6.07) is 4.55. The van der Waals surface area contributed by atoms with Crippen molar-refractivity contribution in [2.45, 2.75) is 46.7 Å². The van der Waals surface area contributed by atoms with Crippen molar-refractivity contribution in [3.05, 3.63) is 28.8 Å². The number of likely N-dealkylation sites (tertiary alicyclic amines) is 1. The Bertz CT molecular complexity index is 581. The Morgan fingerprint density at radius 2 is 1.92 bits per heavy atom. The molecule has 1 saturated heterocycles. The zero-order chi connectivity index (χ0) is 17.9. The molecule has 1 heterocycles. The Balaban J connectivity index is 0.00000312. The molecule has 1 atom stereocenters. The molecule has 1 aromatic carbocycles. The molecule has 2 rings (SSSR count). The molecule has 0 radical (unpaired) electrons. The average Bonchev–Trinajstić information content (AvgIpc) is 2.49. The van der Waals surface area contributed by atoms with Gasteiger partial charge in [0.1, 0.15) is 5.75 Å². The quantitative estimate of drug-likeness (QED) is 0.807. The molecule has 1 aliphatic rings. The molecular weight excluding hydrogens is 340 g/mol. The number of rotatable bonds is 5. The van der Waals surface area contributed by atoms with E-state index in [9.17, 15) is 4.79 Å². The highest BCUT2D eigenvalue weighted by atomic mass is 35.5. The minimum absolute atomic E-state index is 0. The zero-order valence-corrected chi connectivity index (χ0v) is 16.7. The molecule has 1 unspecified atom stereocenters. The third-order valence-corrected chi connectivity index (χ3v) is 4.88. The van der Waals surface area contributed by atoms with Crippen molar-refractivity contribution < 1.29 is 14.3 Å². The molecule has 2 N–H and O–H groups in total. The number of carbonyl (C=O) groups excluding carboxylic acids is 1. The van der Waals surface area contributed by atoms with Crippen LogP contribution < -0.4 is 10.5 Å². The number of halogens is 1. The summed E-state index contributed by atoms with van der Waals surface area (Å²) in [5.41, 5.74) is 9.72. The summed E-state index contributed by atoms with van der Waals surface area (Å²) in [4.78, 5) is 13.7. The van der Waals surface area contributed by atoms with E-state index in [1.54, 1.807) is 0 Å². The fourth-order valence-corrected chi connectivity index (χ4v) is 3.43. The molecule has 0 amide bonds. The second-order valence-electron chi connectivity index (χ2n) is 7.52. The monoisotopic (exact) mass is 370 g/mol. The Hall–Kier alpha value is -1.30. The van der Waals surface area contributed by atoms with E-state index in [1.165, 1.54) is 12.7 Å². The van der Waals surface area contributed by atoms with Crippen molar-refractivity contribution in [2.75, 3.05) is 26.8 Å². The van der Waals surface area contributed by atoms with Crippen molar-refractivity contribution in [1.82, 2.24) is 4.90 Å². The van der Waals surface area contributed by atoms with Crippen LogP contribution in [0.1, 0.15) is 37.0 Å².